The Hall–Kier alpha value is -1.84. The highest BCUT2D eigenvalue weighted by atomic mass is 32.2. The summed E-state index contributed by atoms with van der Waals surface area (Å²) in [6.07, 6.45) is 5.58. The topological polar surface area (TPSA) is 90.7 Å². The van der Waals surface area contributed by atoms with Crippen molar-refractivity contribution in [2.45, 2.75) is 26.8 Å². The van der Waals surface area contributed by atoms with Gasteiger partial charge in [0, 0.05) is 35.9 Å². The fraction of sp³-hybridized carbons (Fsp3) is 0.400. The molecule has 0 N–H and O–H groups in total. The highest BCUT2D eigenvalue weighted by Gasteiger charge is 2.04. The van der Waals surface area contributed by atoms with Crippen molar-refractivity contribution in [2.75, 3.05) is 5.75 Å². The smallest absolute Gasteiger partial charge is 0.210 e. The van der Waals surface area contributed by atoms with Crippen LogP contribution in [0.5, 0.6) is 0 Å². The van der Waals surface area contributed by atoms with Crippen LogP contribution in [0.15, 0.2) is 34.7 Å². The van der Waals surface area contributed by atoms with Crippen LogP contribution in [-0.4, -0.2) is 29.5 Å². The summed E-state index contributed by atoms with van der Waals surface area (Å²) >= 11 is 1.58. The molecule has 0 spiro atoms. The number of hydrogen-bond acceptors (Lipinski definition) is 6. The van der Waals surface area contributed by atoms with Crippen molar-refractivity contribution in [1.29, 1.82) is 0 Å². The molecule has 0 bridgehead atoms. The number of rotatable bonds is 6. The number of pyridine rings is 1. The van der Waals surface area contributed by atoms with Crippen LogP contribution in [0.1, 0.15) is 22.6 Å². The zero-order valence-corrected chi connectivity index (χ0v) is 15.5. The fourth-order valence-corrected chi connectivity index (χ4v) is 3.48. The minimum Gasteiger partial charge on any atom is -0.748 e. The zero-order chi connectivity index (χ0) is 17.7. The van der Waals surface area contributed by atoms with Gasteiger partial charge in [-0.15, -0.1) is 16.4 Å². The third kappa shape index (κ3) is 5.36. The van der Waals surface area contributed by atoms with E-state index in [-0.39, 0.29) is 12.2 Å². The van der Waals surface area contributed by atoms with E-state index < -0.39 is 10.1 Å². The Balaban J connectivity index is 2.07. The minimum atomic E-state index is -4.16. The number of nitrogens with zero attached hydrogens (tertiary/aromatic N) is 4. The van der Waals surface area contributed by atoms with E-state index in [2.05, 4.69) is 10.2 Å². The summed E-state index contributed by atoms with van der Waals surface area (Å²) < 4.78 is 35.7. The molecule has 0 aromatic carbocycles. The van der Waals surface area contributed by atoms with Crippen LogP contribution in [0.25, 0.3) is 0 Å². The second-order valence-electron chi connectivity index (χ2n) is 5.42. The van der Waals surface area contributed by atoms with Crippen LogP contribution in [0, 0.1) is 13.8 Å². The van der Waals surface area contributed by atoms with Gasteiger partial charge >= 0.3 is 0 Å². The van der Waals surface area contributed by atoms with Gasteiger partial charge in [0.05, 0.1) is 21.9 Å². The predicted octanol–water partition coefficient (Wildman–Crippen LogP) is 0.861. The molecule has 0 unspecified atom stereocenters. The van der Waals surface area contributed by atoms with E-state index in [9.17, 15) is 13.0 Å². The summed E-state index contributed by atoms with van der Waals surface area (Å²) in [6.45, 7) is 4.54. The maximum atomic E-state index is 10.6. The van der Waals surface area contributed by atoms with Gasteiger partial charge in [-0.3, -0.25) is 0 Å². The molecule has 0 aliphatic carbocycles. The Bertz CT molecular complexity index is 911. The molecule has 24 heavy (non-hydrogen) atoms. The van der Waals surface area contributed by atoms with Crippen molar-refractivity contribution < 1.29 is 17.5 Å². The monoisotopic (exact) mass is 368 g/mol. The van der Waals surface area contributed by atoms with Gasteiger partial charge in [0.2, 0.25) is 4.80 Å². The Morgan fingerprint density at radius 3 is 2.79 bits per heavy atom. The van der Waals surface area contributed by atoms with E-state index in [0.717, 1.165) is 10.4 Å². The van der Waals surface area contributed by atoms with Crippen molar-refractivity contribution in [3.8, 4) is 0 Å². The van der Waals surface area contributed by atoms with E-state index in [1.54, 1.807) is 17.6 Å². The number of aromatic nitrogens is 2. The fourth-order valence-electron chi connectivity index (χ4n) is 2.07. The molecule has 130 valence electrons. The SMILES string of the molecule is Cc1s/c(=N\N=C\c2ccc[n+](CCCS(=O)(=O)[O-])c2)n(C)c1C. The molecule has 0 amide bonds. The Morgan fingerprint density at radius 2 is 2.17 bits per heavy atom. The lowest BCUT2D eigenvalue weighted by Gasteiger charge is -2.04. The molecular formula is C15H20N4O3S2. The van der Waals surface area contributed by atoms with Crippen LogP contribution >= 0.6 is 11.3 Å². The molecule has 0 saturated carbocycles. The first-order valence-corrected chi connectivity index (χ1v) is 9.78. The largest absolute Gasteiger partial charge is 0.748 e. The Labute approximate surface area is 145 Å². The van der Waals surface area contributed by atoms with Gasteiger partial charge in [0.15, 0.2) is 12.4 Å². The van der Waals surface area contributed by atoms with E-state index in [1.165, 1.54) is 10.6 Å². The molecule has 0 radical (unpaired) electrons. The molecule has 0 aliphatic heterocycles. The highest BCUT2D eigenvalue weighted by molar-refractivity contribution is 7.85. The number of thiazole rings is 1. The molecule has 0 atom stereocenters. The van der Waals surface area contributed by atoms with Crippen molar-refractivity contribution in [2.24, 2.45) is 17.3 Å². The van der Waals surface area contributed by atoms with Crippen LogP contribution in [0.3, 0.4) is 0 Å². The van der Waals surface area contributed by atoms with Crippen LogP contribution in [0.2, 0.25) is 0 Å². The summed E-state index contributed by atoms with van der Waals surface area (Å²) in [5.41, 5.74) is 2.01. The van der Waals surface area contributed by atoms with Gasteiger partial charge in [0.25, 0.3) is 0 Å². The standard InChI is InChI=1S/C15H20N4O3S2/c1-12-13(2)23-15(18(12)3)17-16-10-14-6-4-7-19(11-14)8-5-9-24(20,21)22/h4,6-7,10-11H,5,8-9H2,1-3H3/b16-10+,17-15-. The average molecular weight is 368 g/mol. The first-order valence-electron chi connectivity index (χ1n) is 7.39. The number of hydrogen-bond donors (Lipinski definition) is 0. The van der Waals surface area contributed by atoms with Crippen LogP contribution < -0.4 is 9.37 Å². The van der Waals surface area contributed by atoms with Crippen molar-refractivity contribution >= 4 is 27.7 Å². The van der Waals surface area contributed by atoms with Crippen LogP contribution in [-0.2, 0) is 23.7 Å². The first kappa shape index (κ1) is 18.5. The lowest BCUT2D eigenvalue weighted by molar-refractivity contribution is -0.696. The molecule has 0 saturated heterocycles. The van der Waals surface area contributed by atoms with E-state index in [1.807, 2.05) is 54.6 Å². The van der Waals surface area contributed by atoms with Gasteiger partial charge < -0.3 is 9.12 Å². The second kappa shape index (κ2) is 7.82. The van der Waals surface area contributed by atoms with Gasteiger partial charge in [-0.25, -0.2) is 13.0 Å². The molecule has 0 fully saturated rings. The predicted molar refractivity (Wildman–Crippen MR) is 91.7 cm³/mol. The summed E-state index contributed by atoms with van der Waals surface area (Å²) in [7, 11) is -2.21. The maximum absolute atomic E-state index is 10.6. The Kier molecular flexibility index (Phi) is 6.03. The molecule has 2 rings (SSSR count). The average Bonchev–Trinajstić information content (AvgIpc) is 2.74. The highest BCUT2D eigenvalue weighted by Crippen LogP contribution is 2.07. The third-order valence-electron chi connectivity index (χ3n) is 3.59. The molecule has 2 aromatic rings. The minimum absolute atomic E-state index is 0.283. The zero-order valence-electron chi connectivity index (χ0n) is 13.8. The lowest BCUT2D eigenvalue weighted by atomic mass is 10.3. The molecule has 9 heteroatoms. The van der Waals surface area contributed by atoms with Gasteiger partial charge in [-0.1, -0.05) is 0 Å². The second-order valence-corrected chi connectivity index (χ2v) is 8.13. The van der Waals surface area contributed by atoms with Gasteiger partial charge in [-0.2, -0.15) is 5.10 Å². The summed E-state index contributed by atoms with van der Waals surface area (Å²) in [6, 6.07) is 3.72. The maximum Gasteiger partial charge on any atom is 0.210 e. The van der Waals surface area contributed by atoms with Crippen molar-refractivity contribution in [3.63, 3.8) is 0 Å². The molecule has 0 aliphatic rings. The van der Waals surface area contributed by atoms with E-state index in [4.69, 9.17) is 0 Å². The third-order valence-corrected chi connectivity index (χ3v) is 5.51. The van der Waals surface area contributed by atoms with Gasteiger partial charge in [0.1, 0.15) is 6.54 Å². The van der Waals surface area contributed by atoms with E-state index in [0.29, 0.717) is 6.54 Å². The quantitative estimate of drug-likeness (QED) is 0.328. The normalized spacial score (nSPS) is 13.1. The van der Waals surface area contributed by atoms with Crippen molar-refractivity contribution in [3.05, 3.63) is 45.5 Å². The summed E-state index contributed by atoms with van der Waals surface area (Å²) in [4.78, 5) is 2.03. The number of aryl methyl sites for hydroxylation is 2. The molecular weight excluding hydrogens is 348 g/mol. The van der Waals surface area contributed by atoms with Crippen molar-refractivity contribution in [1.82, 2.24) is 4.57 Å². The summed E-state index contributed by atoms with van der Waals surface area (Å²) in [5, 5.41) is 8.35. The van der Waals surface area contributed by atoms with E-state index >= 15 is 0 Å². The Morgan fingerprint density at radius 1 is 1.42 bits per heavy atom. The molecule has 2 aromatic heterocycles. The first-order chi connectivity index (χ1) is 11.3. The van der Waals surface area contributed by atoms with Crippen LogP contribution in [0.4, 0.5) is 0 Å². The lowest BCUT2D eigenvalue weighted by Crippen LogP contribution is -2.34. The van der Waals surface area contributed by atoms with Gasteiger partial charge in [-0.05, 0) is 19.9 Å². The molecule has 2 heterocycles. The summed E-state index contributed by atoms with van der Waals surface area (Å²) in [5.74, 6) is -0.360. The molecule has 7 nitrogen and oxygen atoms in total.